The van der Waals surface area contributed by atoms with E-state index in [0.717, 1.165) is 11.3 Å². The van der Waals surface area contributed by atoms with Gasteiger partial charge in [-0.1, -0.05) is 59.6 Å². The zero-order valence-corrected chi connectivity index (χ0v) is 16.7. The lowest BCUT2D eigenvalue weighted by atomic mass is 10.0. The van der Waals surface area contributed by atoms with Crippen molar-refractivity contribution in [3.05, 3.63) is 94.2 Å². The van der Waals surface area contributed by atoms with E-state index in [4.69, 9.17) is 23.2 Å². The van der Waals surface area contributed by atoms with Crippen molar-refractivity contribution < 1.29 is 8.42 Å². The van der Waals surface area contributed by atoms with Gasteiger partial charge in [0.2, 0.25) is 0 Å². The number of hydrogen-bond acceptors (Lipinski definition) is 4. The summed E-state index contributed by atoms with van der Waals surface area (Å²) in [5.41, 5.74) is 1.83. The van der Waals surface area contributed by atoms with Gasteiger partial charge < -0.3 is 5.32 Å². The number of hydrogen-bond donors (Lipinski definition) is 1. The Morgan fingerprint density at radius 2 is 1.70 bits per heavy atom. The van der Waals surface area contributed by atoms with E-state index in [-0.39, 0.29) is 28.3 Å². The molecule has 1 aromatic heterocycles. The summed E-state index contributed by atoms with van der Waals surface area (Å²) in [5, 5.41) is 3.80. The maximum absolute atomic E-state index is 12.7. The van der Waals surface area contributed by atoms with Crippen LogP contribution in [0.15, 0.2) is 77.8 Å². The molecule has 0 bridgehead atoms. The van der Waals surface area contributed by atoms with Crippen LogP contribution in [0.5, 0.6) is 0 Å². The highest BCUT2D eigenvalue weighted by atomic mass is 35.5. The average molecular weight is 421 g/mol. The van der Waals surface area contributed by atoms with Crippen LogP contribution in [0, 0.1) is 0 Å². The molecule has 0 spiro atoms. The Morgan fingerprint density at radius 3 is 2.41 bits per heavy atom. The lowest BCUT2D eigenvalue weighted by Crippen LogP contribution is -2.28. The van der Waals surface area contributed by atoms with Gasteiger partial charge in [-0.25, -0.2) is 8.42 Å². The van der Waals surface area contributed by atoms with Crippen LogP contribution in [0.3, 0.4) is 0 Å². The zero-order chi connectivity index (χ0) is 19.3. The maximum atomic E-state index is 12.7. The first-order chi connectivity index (χ1) is 13.0. The van der Waals surface area contributed by atoms with Gasteiger partial charge in [0.15, 0.2) is 9.84 Å². The fourth-order valence-corrected chi connectivity index (χ4v) is 4.73. The van der Waals surface area contributed by atoms with E-state index in [1.165, 1.54) is 12.1 Å². The first kappa shape index (κ1) is 19.8. The van der Waals surface area contributed by atoms with Gasteiger partial charge >= 0.3 is 0 Å². The molecule has 0 radical (unpaired) electrons. The van der Waals surface area contributed by atoms with E-state index in [2.05, 4.69) is 10.3 Å². The molecule has 1 heterocycles. The summed E-state index contributed by atoms with van der Waals surface area (Å²) in [6.07, 6.45) is 1.72. The molecule has 0 amide bonds. The number of rotatable bonds is 7. The van der Waals surface area contributed by atoms with Gasteiger partial charge in [0, 0.05) is 17.8 Å². The highest BCUT2D eigenvalue weighted by Crippen LogP contribution is 2.26. The first-order valence-corrected chi connectivity index (χ1v) is 10.8. The second-order valence-corrected chi connectivity index (χ2v) is 8.87. The molecule has 140 valence electrons. The summed E-state index contributed by atoms with van der Waals surface area (Å²) in [7, 11) is -3.57. The predicted molar refractivity (Wildman–Crippen MR) is 109 cm³/mol. The van der Waals surface area contributed by atoms with Crippen LogP contribution in [0.1, 0.15) is 17.3 Å². The summed E-state index contributed by atoms with van der Waals surface area (Å²) in [5.74, 6) is -0.108. The van der Waals surface area contributed by atoms with Gasteiger partial charge in [0.05, 0.1) is 27.4 Å². The van der Waals surface area contributed by atoms with Crippen molar-refractivity contribution in [2.45, 2.75) is 10.9 Å². The molecule has 2 aromatic carbocycles. The van der Waals surface area contributed by atoms with Crippen LogP contribution in [0.2, 0.25) is 10.0 Å². The SMILES string of the molecule is O=S(=O)(CCNC(c1ccccc1)c1ccccn1)c1cc(Cl)ccc1Cl. The molecular weight excluding hydrogens is 403 g/mol. The van der Waals surface area contributed by atoms with Gasteiger partial charge in [-0.05, 0) is 35.9 Å². The number of benzene rings is 2. The van der Waals surface area contributed by atoms with Gasteiger partial charge in [0.1, 0.15) is 0 Å². The van der Waals surface area contributed by atoms with Gasteiger partial charge in [-0.3, -0.25) is 4.98 Å². The average Bonchev–Trinajstić information content (AvgIpc) is 2.68. The Labute approximate surface area is 169 Å². The van der Waals surface area contributed by atoms with Crippen molar-refractivity contribution in [2.75, 3.05) is 12.3 Å². The van der Waals surface area contributed by atoms with Gasteiger partial charge in [-0.2, -0.15) is 0 Å². The smallest absolute Gasteiger partial charge is 0.181 e. The van der Waals surface area contributed by atoms with Crippen LogP contribution < -0.4 is 5.32 Å². The molecular formula is C20H18Cl2N2O2S. The predicted octanol–water partition coefficient (Wildman–Crippen LogP) is 4.54. The fourth-order valence-electron chi connectivity index (χ4n) is 2.75. The number of halogens is 2. The summed E-state index contributed by atoms with van der Waals surface area (Å²) in [6, 6.07) is 19.7. The number of aromatic nitrogens is 1. The molecule has 0 aliphatic carbocycles. The molecule has 3 aromatic rings. The standard InChI is InChI=1S/C20H18Cl2N2O2S/c21-16-9-10-17(22)19(14-16)27(25,26)13-12-24-20(15-6-2-1-3-7-15)18-8-4-5-11-23-18/h1-11,14,20,24H,12-13H2. The van der Waals surface area contributed by atoms with Crippen molar-refractivity contribution in [3.8, 4) is 0 Å². The third kappa shape index (κ3) is 5.08. The van der Waals surface area contributed by atoms with E-state index in [1.54, 1.807) is 12.3 Å². The monoisotopic (exact) mass is 420 g/mol. The summed E-state index contributed by atoms with van der Waals surface area (Å²) >= 11 is 12.0. The third-order valence-corrected chi connectivity index (χ3v) is 6.49. The van der Waals surface area contributed by atoms with Crippen molar-refractivity contribution >= 4 is 33.0 Å². The number of nitrogens with zero attached hydrogens (tertiary/aromatic N) is 1. The van der Waals surface area contributed by atoms with Crippen LogP contribution in [0.25, 0.3) is 0 Å². The van der Waals surface area contributed by atoms with Crippen LogP contribution >= 0.6 is 23.2 Å². The molecule has 0 fully saturated rings. The normalized spacial score (nSPS) is 12.7. The van der Waals surface area contributed by atoms with E-state index in [9.17, 15) is 8.42 Å². The number of pyridine rings is 1. The quantitative estimate of drug-likeness (QED) is 0.609. The molecule has 0 saturated carbocycles. The van der Waals surface area contributed by atoms with Crippen LogP contribution in [-0.2, 0) is 9.84 Å². The Hall–Kier alpha value is -1.92. The van der Waals surface area contributed by atoms with Crippen molar-refractivity contribution in [2.24, 2.45) is 0 Å². The Morgan fingerprint density at radius 1 is 0.963 bits per heavy atom. The Bertz CT molecular complexity index is 958. The second-order valence-electron chi connectivity index (χ2n) is 5.95. The molecule has 0 saturated heterocycles. The lowest BCUT2D eigenvalue weighted by Gasteiger charge is -2.19. The lowest BCUT2D eigenvalue weighted by molar-refractivity contribution is 0.578. The third-order valence-electron chi connectivity index (χ3n) is 4.06. The molecule has 1 atom stereocenters. The van der Waals surface area contributed by atoms with Crippen molar-refractivity contribution in [1.29, 1.82) is 0 Å². The Balaban J connectivity index is 1.77. The summed E-state index contributed by atoms with van der Waals surface area (Å²) in [4.78, 5) is 4.45. The highest BCUT2D eigenvalue weighted by molar-refractivity contribution is 7.91. The molecule has 4 nitrogen and oxygen atoms in total. The summed E-state index contributed by atoms with van der Waals surface area (Å²) in [6.45, 7) is 0.237. The molecule has 3 rings (SSSR count). The zero-order valence-electron chi connectivity index (χ0n) is 14.3. The molecule has 0 aliphatic heterocycles. The highest BCUT2D eigenvalue weighted by Gasteiger charge is 2.20. The van der Waals surface area contributed by atoms with E-state index in [1.807, 2.05) is 48.5 Å². The van der Waals surface area contributed by atoms with E-state index < -0.39 is 9.84 Å². The molecule has 7 heteroatoms. The minimum atomic E-state index is -3.57. The minimum absolute atomic E-state index is 0.0487. The van der Waals surface area contributed by atoms with Gasteiger partial charge in [-0.15, -0.1) is 0 Å². The summed E-state index contributed by atoms with van der Waals surface area (Å²) < 4.78 is 25.3. The number of nitrogens with one attached hydrogen (secondary N) is 1. The molecule has 1 N–H and O–H groups in total. The maximum Gasteiger partial charge on any atom is 0.181 e. The largest absolute Gasteiger partial charge is 0.304 e. The fraction of sp³-hybridized carbons (Fsp3) is 0.150. The Kier molecular flexibility index (Phi) is 6.50. The van der Waals surface area contributed by atoms with Crippen molar-refractivity contribution in [3.63, 3.8) is 0 Å². The number of sulfone groups is 1. The first-order valence-electron chi connectivity index (χ1n) is 8.34. The minimum Gasteiger partial charge on any atom is -0.304 e. The van der Waals surface area contributed by atoms with Crippen LogP contribution in [-0.4, -0.2) is 25.7 Å². The topological polar surface area (TPSA) is 59.1 Å². The second kappa shape index (κ2) is 8.85. The van der Waals surface area contributed by atoms with E-state index >= 15 is 0 Å². The molecule has 27 heavy (non-hydrogen) atoms. The van der Waals surface area contributed by atoms with Crippen LogP contribution in [0.4, 0.5) is 0 Å². The molecule has 1 unspecified atom stereocenters. The van der Waals surface area contributed by atoms with Gasteiger partial charge in [0.25, 0.3) is 0 Å². The van der Waals surface area contributed by atoms with Crippen molar-refractivity contribution in [1.82, 2.24) is 10.3 Å². The molecule has 0 aliphatic rings. The van der Waals surface area contributed by atoms with E-state index in [0.29, 0.717) is 5.02 Å².